The van der Waals surface area contributed by atoms with Gasteiger partial charge < -0.3 is 5.73 Å². The first-order valence-corrected chi connectivity index (χ1v) is 3.51. The van der Waals surface area contributed by atoms with E-state index in [-0.39, 0.29) is 6.54 Å². The summed E-state index contributed by atoms with van der Waals surface area (Å²) in [6.07, 6.45) is 0.138. The highest BCUT2D eigenvalue weighted by Crippen LogP contribution is 2.11. The summed E-state index contributed by atoms with van der Waals surface area (Å²) >= 11 is 0. The minimum absolute atomic E-state index is 0.0430. The lowest BCUT2D eigenvalue weighted by molar-refractivity contribution is 0.321. The summed E-state index contributed by atoms with van der Waals surface area (Å²) in [7, 11) is 0. The van der Waals surface area contributed by atoms with Crippen molar-refractivity contribution in [3.63, 3.8) is 0 Å². The fourth-order valence-electron chi connectivity index (χ4n) is 0.865. The van der Waals surface area contributed by atoms with Gasteiger partial charge in [-0.2, -0.15) is 5.10 Å². The first-order chi connectivity index (χ1) is 5.29. The molecule has 1 unspecified atom stereocenters. The van der Waals surface area contributed by atoms with E-state index in [2.05, 4.69) is 10.1 Å². The molecule has 0 saturated heterocycles. The van der Waals surface area contributed by atoms with E-state index in [1.165, 1.54) is 11.0 Å². The fourth-order valence-corrected chi connectivity index (χ4v) is 0.865. The third-order valence-electron chi connectivity index (χ3n) is 1.43. The molecule has 0 aliphatic carbocycles. The molecule has 1 rings (SSSR count). The summed E-state index contributed by atoms with van der Waals surface area (Å²) in [5, 5.41) is 3.81. The maximum Gasteiger partial charge on any atom is 0.171 e. The zero-order valence-electron chi connectivity index (χ0n) is 6.37. The van der Waals surface area contributed by atoms with Crippen molar-refractivity contribution in [1.82, 2.24) is 14.8 Å². The van der Waals surface area contributed by atoms with Crippen molar-refractivity contribution in [3.05, 3.63) is 12.2 Å². The van der Waals surface area contributed by atoms with Crippen LogP contribution in [0.25, 0.3) is 0 Å². The highest BCUT2D eigenvalue weighted by Gasteiger charge is 2.13. The van der Waals surface area contributed by atoms with Crippen LogP contribution in [0, 0.1) is 0 Å². The number of nitrogens with zero attached hydrogens (tertiary/aromatic N) is 3. The second-order valence-corrected chi connectivity index (χ2v) is 2.14. The van der Waals surface area contributed by atoms with E-state index in [0.717, 1.165) is 0 Å². The molecular formula is C6H11FN4. The van der Waals surface area contributed by atoms with Crippen molar-refractivity contribution in [3.8, 4) is 0 Å². The van der Waals surface area contributed by atoms with Gasteiger partial charge in [-0.05, 0) is 6.92 Å². The predicted molar refractivity (Wildman–Crippen MR) is 38.6 cm³/mol. The van der Waals surface area contributed by atoms with Crippen molar-refractivity contribution in [1.29, 1.82) is 0 Å². The highest BCUT2D eigenvalue weighted by molar-refractivity contribution is 4.90. The van der Waals surface area contributed by atoms with E-state index in [4.69, 9.17) is 5.73 Å². The Morgan fingerprint density at radius 3 is 3.09 bits per heavy atom. The fraction of sp³-hybridized carbons (Fsp3) is 0.667. The molecule has 0 spiro atoms. The summed E-state index contributed by atoms with van der Waals surface area (Å²) in [6.45, 7) is 2.45. The van der Waals surface area contributed by atoms with E-state index < -0.39 is 6.17 Å². The van der Waals surface area contributed by atoms with Crippen molar-refractivity contribution >= 4 is 0 Å². The van der Waals surface area contributed by atoms with Crippen LogP contribution >= 0.6 is 0 Å². The Bertz CT molecular complexity index is 222. The average Bonchev–Trinajstić information content (AvgIpc) is 2.50. The van der Waals surface area contributed by atoms with Gasteiger partial charge in [0.1, 0.15) is 6.33 Å². The Kier molecular flexibility index (Phi) is 2.53. The van der Waals surface area contributed by atoms with Crippen LogP contribution in [0.2, 0.25) is 0 Å². The molecule has 1 aromatic rings. The van der Waals surface area contributed by atoms with Crippen LogP contribution in [0.3, 0.4) is 0 Å². The van der Waals surface area contributed by atoms with Gasteiger partial charge in [0.05, 0.1) is 0 Å². The first kappa shape index (κ1) is 8.13. The number of aryl methyl sites for hydroxylation is 1. The summed E-state index contributed by atoms with van der Waals surface area (Å²) in [5.74, 6) is 0.315. The molecule has 0 saturated carbocycles. The normalized spacial score (nSPS) is 13.4. The molecule has 5 heteroatoms. The van der Waals surface area contributed by atoms with Crippen LogP contribution < -0.4 is 5.73 Å². The van der Waals surface area contributed by atoms with Crippen LogP contribution in [-0.4, -0.2) is 21.3 Å². The van der Waals surface area contributed by atoms with Gasteiger partial charge in [-0.1, -0.05) is 0 Å². The Balaban J connectivity index is 2.83. The zero-order valence-corrected chi connectivity index (χ0v) is 6.37. The number of nitrogens with two attached hydrogens (primary N) is 1. The first-order valence-electron chi connectivity index (χ1n) is 3.51. The van der Waals surface area contributed by atoms with Crippen LogP contribution in [-0.2, 0) is 6.54 Å². The lowest BCUT2D eigenvalue weighted by atomic mass is 10.3. The molecule has 1 aromatic heterocycles. The van der Waals surface area contributed by atoms with Gasteiger partial charge in [-0.3, -0.25) is 0 Å². The predicted octanol–water partition coefficient (Wildman–Crippen LogP) is 0.267. The SMILES string of the molecule is CCn1ncnc1C(F)CN. The number of halogens is 1. The van der Waals surface area contributed by atoms with E-state index in [1.54, 1.807) is 0 Å². The summed E-state index contributed by atoms with van der Waals surface area (Å²) in [5.41, 5.74) is 5.13. The second-order valence-electron chi connectivity index (χ2n) is 2.14. The Morgan fingerprint density at radius 2 is 2.55 bits per heavy atom. The molecule has 2 N–H and O–H groups in total. The van der Waals surface area contributed by atoms with Crippen LogP contribution in [0.4, 0.5) is 4.39 Å². The van der Waals surface area contributed by atoms with Crippen LogP contribution in [0.15, 0.2) is 6.33 Å². The van der Waals surface area contributed by atoms with E-state index in [9.17, 15) is 4.39 Å². The smallest absolute Gasteiger partial charge is 0.171 e. The van der Waals surface area contributed by atoms with Gasteiger partial charge in [0.2, 0.25) is 0 Å². The van der Waals surface area contributed by atoms with Crippen molar-refractivity contribution < 1.29 is 4.39 Å². The summed E-state index contributed by atoms with van der Waals surface area (Å²) in [4.78, 5) is 3.75. The van der Waals surface area contributed by atoms with Gasteiger partial charge in [-0.15, -0.1) is 0 Å². The van der Waals surface area contributed by atoms with Gasteiger partial charge in [-0.25, -0.2) is 14.1 Å². The molecule has 0 aliphatic rings. The largest absolute Gasteiger partial charge is 0.327 e. The molecule has 11 heavy (non-hydrogen) atoms. The molecule has 0 bridgehead atoms. The molecule has 0 fully saturated rings. The molecule has 4 nitrogen and oxygen atoms in total. The molecule has 1 atom stereocenters. The zero-order chi connectivity index (χ0) is 8.27. The van der Waals surface area contributed by atoms with Crippen molar-refractivity contribution in [2.24, 2.45) is 5.73 Å². The van der Waals surface area contributed by atoms with Gasteiger partial charge >= 0.3 is 0 Å². The number of hydrogen-bond donors (Lipinski definition) is 1. The summed E-state index contributed by atoms with van der Waals surface area (Å²) < 4.78 is 14.4. The molecule has 0 aliphatic heterocycles. The molecule has 0 amide bonds. The molecule has 0 aromatic carbocycles. The Morgan fingerprint density at radius 1 is 1.82 bits per heavy atom. The Labute approximate surface area is 64.2 Å². The maximum atomic E-state index is 12.9. The lowest BCUT2D eigenvalue weighted by Crippen LogP contribution is -2.14. The topological polar surface area (TPSA) is 56.7 Å². The van der Waals surface area contributed by atoms with E-state index in [0.29, 0.717) is 12.4 Å². The average molecular weight is 158 g/mol. The monoisotopic (exact) mass is 158 g/mol. The minimum atomic E-state index is -1.20. The van der Waals surface area contributed by atoms with Gasteiger partial charge in [0.15, 0.2) is 12.0 Å². The van der Waals surface area contributed by atoms with Crippen LogP contribution in [0.1, 0.15) is 18.9 Å². The lowest BCUT2D eigenvalue weighted by Gasteiger charge is -2.04. The molecule has 62 valence electrons. The van der Waals surface area contributed by atoms with Gasteiger partial charge in [0.25, 0.3) is 0 Å². The number of rotatable bonds is 3. The highest BCUT2D eigenvalue weighted by atomic mass is 19.1. The second kappa shape index (κ2) is 3.43. The summed E-state index contributed by atoms with van der Waals surface area (Å²) in [6, 6.07) is 0. The minimum Gasteiger partial charge on any atom is -0.327 e. The number of aromatic nitrogens is 3. The Hall–Kier alpha value is -0.970. The van der Waals surface area contributed by atoms with E-state index in [1.807, 2.05) is 6.92 Å². The van der Waals surface area contributed by atoms with E-state index >= 15 is 0 Å². The maximum absolute atomic E-state index is 12.9. The molecule has 0 radical (unpaired) electrons. The van der Waals surface area contributed by atoms with Crippen LogP contribution in [0.5, 0.6) is 0 Å². The number of hydrogen-bond acceptors (Lipinski definition) is 3. The number of alkyl halides is 1. The molecule has 1 heterocycles. The van der Waals surface area contributed by atoms with Gasteiger partial charge in [0, 0.05) is 13.1 Å². The quantitative estimate of drug-likeness (QED) is 0.686. The van der Waals surface area contributed by atoms with Crippen molar-refractivity contribution in [2.75, 3.05) is 6.54 Å². The van der Waals surface area contributed by atoms with Crippen molar-refractivity contribution in [2.45, 2.75) is 19.6 Å². The third kappa shape index (κ3) is 1.54. The third-order valence-corrected chi connectivity index (χ3v) is 1.43. The molecular weight excluding hydrogens is 147 g/mol. The standard InChI is InChI=1S/C6H11FN4/c1-2-11-6(5(7)3-8)9-4-10-11/h4-5H,2-3,8H2,1H3.